The molecule has 0 aliphatic heterocycles. The van der Waals surface area contributed by atoms with Crippen molar-refractivity contribution >= 4 is 5.97 Å². The van der Waals surface area contributed by atoms with E-state index < -0.39 is 12.4 Å². The molecule has 1 heterocycles. The van der Waals surface area contributed by atoms with E-state index in [1.807, 2.05) is 0 Å². The second-order valence-corrected chi connectivity index (χ2v) is 4.62. The number of carboxylic acids is 1. The van der Waals surface area contributed by atoms with Crippen molar-refractivity contribution in [3.63, 3.8) is 0 Å². The van der Waals surface area contributed by atoms with Gasteiger partial charge in [0.2, 0.25) is 0 Å². The van der Waals surface area contributed by atoms with Gasteiger partial charge in [-0.1, -0.05) is 12.1 Å². The van der Waals surface area contributed by atoms with Crippen molar-refractivity contribution in [1.82, 2.24) is 15.1 Å². The standard InChI is InChI=1S/C14H15F2N3O2/c1-19-8-11(12(18-19)13(15)16)7-17-6-9-2-4-10(5-3-9)14(20)21/h2-5,8,13,17H,6-7H2,1H3,(H,20,21). The van der Waals surface area contributed by atoms with Crippen molar-refractivity contribution < 1.29 is 18.7 Å². The van der Waals surface area contributed by atoms with Gasteiger partial charge in [0.05, 0.1) is 5.56 Å². The molecule has 2 aromatic rings. The molecule has 0 aliphatic carbocycles. The fourth-order valence-electron chi connectivity index (χ4n) is 1.98. The molecule has 0 saturated carbocycles. The predicted octanol–water partition coefficient (Wildman–Crippen LogP) is 2.35. The SMILES string of the molecule is Cn1cc(CNCc2ccc(C(=O)O)cc2)c(C(F)F)n1. The molecule has 7 heteroatoms. The highest BCUT2D eigenvalue weighted by atomic mass is 19.3. The van der Waals surface area contributed by atoms with E-state index in [-0.39, 0.29) is 17.8 Å². The summed E-state index contributed by atoms with van der Waals surface area (Å²) < 4.78 is 26.9. The Balaban J connectivity index is 1.94. The Morgan fingerprint density at radius 3 is 2.57 bits per heavy atom. The van der Waals surface area contributed by atoms with Crippen molar-refractivity contribution in [3.05, 3.63) is 52.8 Å². The zero-order chi connectivity index (χ0) is 15.4. The van der Waals surface area contributed by atoms with E-state index in [4.69, 9.17) is 5.11 Å². The van der Waals surface area contributed by atoms with Gasteiger partial charge >= 0.3 is 5.97 Å². The number of rotatable bonds is 6. The molecular formula is C14H15F2N3O2. The molecule has 5 nitrogen and oxygen atoms in total. The molecule has 1 aromatic heterocycles. The van der Waals surface area contributed by atoms with Crippen molar-refractivity contribution in [2.45, 2.75) is 19.5 Å². The molecule has 0 saturated heterocycles. The van der Waals surface area contributed by atoms with E-state index in [1.54, 1.807) is 25.4 Å². The summed E-state index contributed by atoms with van der Waals surface area (Å²) in [5, 5.41) is 15.6. The maximum absolute atomic E-state index is 12.8. The van der Waals surface area contributed by atoms with Crippen molar-refractivity contribution in [2.24, 2.45) is 7.05 Å². The van der Waals surface area contributed by atoms with Crippen LogP contribution in [0.1, 0.15) is 33.6 Å². The first-order valence-corrected chi connectivity index (χ1v) is 6.31. The Kier molecular flexibility index (Phi) is 4.64. The molecule has 1 aromatic carbocycles. The van der Waals surface area contributed by atoms with E-state index in [9.17, 15) is 13.6 Å². The Morgan fingerprint density at radius 1 is 1.33 bits per heavy atom. The summed E-state index contributed by atoms with van der Waals surface area (Å²) in [4.78, 5) is 10.7. The minimum Gasteiger partial charge on any atom is -0.478 e. The summed E-state index contributed by atoms with van der Waals surface area (Å²) in [6.07, 6.45) is -1.04. The van der Waals surface area contributed by atoms with Gasteiger partial charge in [-0.05, 0) is 17.7 Å². The van der Waals surface area contributed by atoms with Crippen LogP contribution >= 0.6 is 0 Å². The third-order valence-corrected chi connectivity index (χ3v) is 2.99. The van der Waals surface area contributed by atoms with Crippen LogP contribution in [-0.4, -0.2) is 20.9 Å². The van der Waals surface area contributed by atoms with Gasteiger partial charge in [0.15, 0.2) is 0 Å². The summed E-state index contributed by atoms with van der Waals surface area (Å²) in [7, 11) is 1.60. The summed E-state index contributed by atoms with van der Waals surface area (Å²) in [5.41, 5.74) is 1.33. The van der Waals surface area contributed by atoms with Crippen LogP contribution < -0.4 is 5.32 Å². The number of aromatic nitrogens is 2. The minimum absolute atomic E-state index is 0.214. The number of hydrogen-bond acceptors (Lipinski definition) is 3. The maximum atomic E-state index is 12.8. The summed E-state index contributed by atoms with van der Waals surface area (Å²) in [6, 6.07) is 6.39. The normalized spacial score (nSPS) is 11.0. The number of nitrogens with one attached hydrogen (secondary N) is 1. The molecule has 2 N–H and O–H groups in total. The second kappa shape index (κ2) is 6.45. The van der Waals surface area contributed by atoms with Gasteiger partial charge in [-0.25, -0.2) is 13.6 Å². The van der Waals surface area contributed by atoms with Gasteiger partial charge in [0.25, 0.3) is 6.43 Å². The molecule has 0 aliphatic rings. The number of hydrogen-bond donors (Lipinski definition) is 2. The smallest absolute Gasteiger partial charge is 0.335 e. The van der Waals surface area contributed by atoms with E-state index in [0.29, 0.717) is 12.1 Å². The quantitative estimate of drug-likeness (QED) is 0.858. The minimum atomic E-state index is -2.60. The number of aromatic carboxylic acids is 1. The van der Waals surface area contributed by atoms with Crippen molar-refractivity contribution in [2.75, 3.05) is 0 Å². The Morgan fingerprint density at radius 2 is 2.00 bits per heavy atom. The summed E-state index contributed by atoms with van der Waals surface area (Å²) in [5.74, 6) is -0.980. The molecule has 0 fully saturated rings. The molecule has 0 atom stereocenters. The number of benzene rings is 1. The number of carbonyl (C=O) groups is 1. The molecule has 0 amide bonds. The van der Waals surface area contributed by atoms with Crippen LogP contribution in [0.5, 0.6) is 0 Å². The fourth-order valence-corrected chi connectivity index (χ4v) is 1.98. The molecule has 112 valence electrons. The first-order chi connectivity index (χ1) is 9.97. The van der Waals surface area contributed by atoms with E-state index in [0.717, 1.165) is 5.56 Å². The lowest BCUT2D eigenvalue weighted by Crippen LogP contribution is -2.13. The average Bonchev–Trinajstić information content (AvgIpc) is 2.81. The lowest BCUT2D eigenvalue weighted by Gasteiger charge is -2.05. The molecule has 2 rings (SSSR count). The van der Waals surface area contributed by atoms with Gasteiger partial charge in [-0.3, -0.25) is 4.68 Å². The summed E-state index contributed by atoms with van der Waals surface area (Å²) >= 11 is 0. The van der Waals surface area contributed by atoms with Gasteiger partial charge in [0.1, 0.15) is 5.69 Å². The molecule has 0 spiro atoms. The van der Waals surface area contributed by atoms with Crippen molar-refractivity contribution in [3.8, 4) is 0 Å². The molecule has 0 unspecified atom stereocenters. The largest absolute Gasteiger partial charge is 0.478 e. The highest BCUT2D eigenvalue weighted by Crippen LogP contribution is 2.20. The van der Waals surface area contributed by atoms with Crippen LogP contribution in [0.3, 0.4) is 0 Å². The third kappa shape index (κ3) is 3.85. The number of halogens is 2. The number of alkyl halides is 2. The molecule has 21 heavy (non-hydrogen) atoms. The monoisotopic (exact) mass is 295 g/mol. The van der Waals surface area contributed by atoms with Gasteiger partial charge in [0, 0.05) is 31.9 Å². The molecule has 0 bridgehead atoms. The highest BCUT2D eigenvalue weighted by Gasteiger charge is 2.16. The number of nitrogens with zero attached hydrogens (tertiary/aromatic N) is 2. The van der Waals surface area contributed by atoms with Crippen LogP contribution in [-0.2, 0) is 20.1 Å². The van der Waals surface area contributed by atoms with Crippen LogP contribution in [0.15, 0.2) is 30.5 Å². The number of carboxylic acid groups (broad SMARTS) is 1. The van der Waals surface area contributed by atoms with E-state index in [2.05, 4.69) is 10.4 Å². The van der Waals surface area contributed by atoms with Gasteiger partial charge in [-0.15, -0.1) is 0 Å². The van der Waals surface area contributed by atoms with Crippen molar-refractivity contribution in [1.29, 1.82) is 0 Å². The van der Waals surface area contributed by atoms with Crippen LogP contribution in [0.4, 0.5) is 8.78 Å². The Hall–Kier alpha value is -2.28. The van der Waals surface area contributed by atoms with Crippen LogP contribution in [0, 0.1) is 0 Å². The maximum Gasteiger partial charge on any atom is 0.335 e. The van der Waals surface area contributed by atoms with E-state index >= 15 is 0 Å². The second-order valence-electron chi connectivity index (χ2n) is 4.62. The highest BCUT2D eigenvalue weighted by molar-refractivity contribution is 5.87. The molecule has 0 radical (unpaired) electrons. The lowest BCUT2D eigenvalue weighted by molar-refractivity contribution is 0.0697. The topological polar surface area (TPSA) is 67.2 Å². The van der Waals surface area contributed by atoms with Gasteiger partial charge < -0.3 is 10.4 Å². The Bertz CT molecular complexity index is 624. The Labute approximate surface area is 120 Å². The first kappa shape index (κ1) is 15.1. The van der Waals surface area contributed by atoms with Crippen LogP contribution in [0.2, 0.25) is 0 Å². The third-order valence-electron chi connectivity index (χ3n) is 2.99. The van der Waals surface area contributed by atoms with Crippen LogP contribution in [0.25, 0.3) is 0 Å². The average molecular weight is 295 g/mol. The zero-order valence-electron chi connectivity index (χ0n) is 11.4. The first-order valence-electron chi connectivity index (χ1n) is 6.31. The zero-order valence-corrected chi connectivity index (χ0v) is 11.4. The predicted molar refractivity (Wildman–Crippen MR) is 72.1 cm³/mol. The van der Waals surface area contributed by atoms with E-state index in [1.165, 1.54) is 16.8 Å². The fraction of sp³-hybridized carbons (Fsp3) is 0.286. The summed E-state index contributed by atoms with van der Waals surface area (Å²) in [6.45, 7) is 0.728. The van der Waals surface area contributed by atoms with Gasteiger partial charge in [-0.2, -0.15) is 5.10 Å². The molecular weight excluding hydrogens is 280 g/mol. The lowest BCUT2D eigenvalue weighted by atomic mass is 10.1. The number of aryl methyl sites for hydroxylation is 1.